The lowest BCUT2D eigenvalue weighted by Gasteiger charge is -2.22. The molecule has 3 rings (SSSR count). The van der Waals surface area contributed by atoms with Crippen LogP contribution in [0.15, 0.2) is 59.8 Å². The average Bonchev–Trinajstić information content (AvgIpc) is 3.15. The van der Waals surface area contributed by atoms with Crippen LogP contribution in [0.1, 0.15) is 72.3 Å². The molecule has 1 heterocycles. The number of rotatable bonds is 7. The van der Waals surface area contributed by atoms with E-state index in [2.05, 4.69) is 61.0 Å². The quantitative estimate of drug-likeness (QED) is 0.439. The molecule has 0 amide bonds. The highest BCUT2D eigenvalue weighted by molar-refractivity contribution is 7.89. The fraction of sp³-hybridized carbons (Fsp3) is 0.464. The Hall–Kier alpha value is -2.44. The maximum absolute atomic E-state index is 13.3. The summed E-state index contributed by atoms with van der Waals surface area (Å²) in [6, 6.07) is 13.9. The Balaban J connectivity index is 2.00. The molecule has 0 aliphatic carbocycles. The zero-order valence-corrected chi connectivity index (χ0v) is 22.6. The highest BCUT2D eigenvalue weighted by atomic mass is 32.2. The van der Waals surface area contributed by atoms with E-state index in [0.717, 1.165) is 41.0 Å². The predicted molar refractivity (Wildman–Crippen MR) is 141 cm³/mol. The minimum Gasteiger partial charge on any atom is -0.330 e. The van der Waals surface area contributed by atoms with Crippen molar-refractivity contribution in [2.24, 2.45) is 5.92 Å². The van der Waals surface area contributed by atoms with Crippen molar-refractivity contribution in [1.82, 2.24) is 14.3 Å². The van der Waals surface area contributed by atoms with Crippen LogP contribution in [0.2, 0.25) is 0 Å². The number of hydrogen-bond donors (Lipinski definition) is 1. The Morgan fingerprint density at radius 3 is 2.12 bits per heavy atom. The number of hydrogen-bond acceptors (Lipinski definition) is 3. The standard InChI is InChI=1S/C28H39N3O2S/c1-20(2)17-22-11-14-25(34(32,33)30-28(6,7)8)24(18-22)23-12-9-21(10-13-23)19-31-16-15-29-26(31)27(3,4)5/h9-16,18,20,30H,17,19H2,1-8H3. The zero-order valence-electron chi connectivity index (χ0n) is 21.8. The van der Waals surface area contributed by atoms with Gasteiger partial charge < -0.3 is 4.57 Å². The third-order valence-electron chi connectivity index (χ3n) is 5.42. The smallest absolute Gasteiger partial charge is 0.241 e. The van der Waals surface area contributed by atoms with Crippen molar-refractivity contribution in [1.29, 1.82) is 0 Å². The van der Waals surface area contributed by atoms with Gasteiger partial charge in [0.05, 0.1) is 4.90 Å². The fourth-order valence-corrected chi connectivity index (χ4v) is 5.79. The molecule has 184 valence electrons. The van der Waals surface area contributed by atoms with Gasteiger partial charge in [0, 0.05) is 35.5 Å². The largest absolute Gasteiger partial charge is 0.330 e. The van der Waals surface area contributed by atoms with Gasteiger partial charge in [0.15, 0.2) is 0 Å². The summed E-state index contributed by atoms with van der Waals surface area (Å²) in [4.78, 5) is 4.85. The zero-order chi connectivity index (χ0) is 25.3. The first-order valence-electron chi connectivity index (χ1n) is 11.9. The summed E-state index contributed by atoms with van der Waals surface area (Å²) in [6.45, 7) is 17.1. The van der Waals surface area contributed by atoms with Crippen LogP contribution in [-0.2, 0) is 28.4 Å². The number of nitrogens with zero attached hydrogens (tertiary/aromatic N) is 2. The fourth-order valence-electron chi connectivity index (χ4n) is 4.16. The van der Waals surface area contributed by atoms with E-state index in [-0.39, 0.29) is 5.41 Å². The molecule has 5 nitrogen and oxygen atoms in total. The number of nitrogens with one attached hydrogen (secondary N) is 1. The molecule has 3 aromatic rings. The lowest BCUT2D eigenvalue weighted by Crippen LogP contribution is -2.40. The first-order valence-corrected chi connectivity index (χ1v) is 13.4. The molecule has 6 heteroatoms. The Morgan fingerprint density at radius 2 is 1.56 bits per heavy atom. The summed E-state index contributed by atoms with van der Waals surface area (Å²) in [5.41, 5.74) is 3.31. The Labute approximate surface area is 205 Å². The van der Waals surface area contributed by atoms with E-state index in [0.29, 0.717) is 10.8 Å². The molecule has 0 bridgehead atoms. The van der Waals surface area contributed by atoms with Crippen molar-refractivity contribution in [3.63, 3.8) is 0 Å². The molecule has 2 aromatic carbocycles. The van der Waals surface area contributed by atoms with E-state index in [1.807, 2.05) is 57.4 Å². The van der Waals surface area contributed by atoms with Gasteiger partial charge in [0.25, 0.3) is 0 Å². The van der Waals surface area contributed by atoms with E-state index < -0.39 is 15.6 Å². The van der Waals surface area contributed by atoms with Crippen LogP contribution in [0, 0.1) is 5.92 Å². The van der Waals surface area contributed by atoms with Gasteiger partial charge in [-0.3, -0.25) is 0 Å². The second kappa shape index (κ2) is 9.67. The minimum absolute atomic E-state index is 0.0381. The van der Waals surface area contributed by atoms with Gasteiger partial charge in [0.2, 0.25) is 10.0 Å². The van der Waals surface area contributed by atoms with Crippen LogP contribution in [0.25, 0.3) is 11.1 Å². The molecule has 0 unspecified atom stereocenters. The van der Waals surface area contributed by atoms with Crippen LogP contribution >= 0.6 is 0 Å². The first-order chi connectivity index (χ1) is 15.7. The van der Waals surface area contributed by atoms with Gasteiger partial charge >= 0.3 is 0 Å². The predicted octanol–water partition coefficient (Wildman–Crippen LogP) is 6.17. The molecule has 0 aliphatic rings. The molecule has 0 spiro atoms. The number of sulfonamides is 1. The third kappa shape index (κ3) is 6.57. The topological polar surface area (TPSA) is 64.0 Å². The van der Waals surface area contributed by atoms with Gasteiger partial charge in [0.1, 0.15) is 5.82 Å². The van der Waals surface area contributed by atoms with Crippen LogP contribution in [0.4, 0.5) is 0 Å². The van der Waals surface area contributed by atoms with Crippen molar-refractivity contribution >= 4 is 10.0 Å². The normalized spacial score (nSPS) is 13.0. The van der Waals surface area contributed by atoms with E-state index in [1.165, 1.54) is 0 Å². The monoisotopic (exact) mass is 481 g/mol. The molecule has 0 fully saturated rings. The molecule has 0 radical (unpaired) electrons. The van der Waals surface area contributed by atoms with Crippen molar-refractivity contribution in [2.75, 3.05) is 0 Å². The van der Waals surface area contributed by atoms with Crippen molar-refractivity contribution in [2.45, 2.75) is 84.2 Å². The van der Waals surface area contributed by atoms with Crippen molar-refractivity contribution in [3.05, 3.63) is 71.8 Å². The lowest BCUT2D eigenvalue weighted by molar-refractivity contribution is 0.491. The van der Waals surface area contributed by atoms with Crippen LogP contribution in [-0.4, -0.2) is 23.5 Å². The van der Waals surface area contributed by atoms with Crippen LogP contribution < -0.4 is 4.72 Å². The van der Waals surface area contributed by atoms with Gasteiger partial charge in [-0.1, -0.05) is 65.0 Å². The second-order valence-corrected chi connectivity index (χ2v) is 13.3. The Morgan fingerprint density at radius 1 is 0.941 bits per heavy atom. The molecule has 0 saturated heterocycles. The highest BCUT2D eigenvalue weighted by Gasteiger charge is 2.25. The molecule has 1 N–H and O–H groups in total. The summed E-state index contributed by atoms with van der Waals surface area (Å²) >= 11 is 0. The Bertz CT molecular complexity index is 1230. The minimum atomic E-state index is -3.68. The summed E-state index contributed by atoms with van der Waals surface area (Å²) in [5, 5.41) is 0. The number of aromatic nitrogens is 2. The third-order valence-corrected chi connectivity index (χ3v) is 7.24. The number of imidazole rings is 1. The molecular weight excluding hydrogens is 442 g/mol. The summed E-state index contributed by atoms with van der Waals surface area (Å²) in [7, 11) is -3.68. The van der Waals surface area contributed by atoms with E-state index in [1.54, 1.807) is 6.07 Å². The summed E-state index contributed by atoms with van der Waals surface area (Å²) in [5.74, 6) is 1.53. The molecule has 1 aromatic heterocycles. The first kappa shape index (κ1) is 26.2. The number of benzene rings is 2. The van der Waals surface area contributed by atoms with E-state index >= 15 is 0 Å². The average molecular weight is 482 g/mol. The van der Waals surface area contributed by atoms with Crippen LogP contribution in [0.5, 0.6) is 0 Å². The maximum atomic E-state index is 13.3. The lowest BCUT2D eigenvalue weighted by atomic mass is 9.95. The molecule has 0 aliphatic heterocycles. The van der Waals surface area contributed by atoms with Gasteiger partial charge in [-0.25, -0.2) is 18.1 Å². The molecule has 0 saturated carbocycles. The van der Waals surface area contributed by atoms with Crippen molar-refractivity contribution in [3.8, 4) is 11.1 Å². The summed E-state index contributed by atoms with van der Waals surface area (Å²) < 4.78 is 31.5. The van der Waals surface area contributed by atoms with Gasteiger partial charge in [-0.05, 0) is 61.9 Å². The second-order valence-electron chi connectivity index (χ2n) is 11.6. The maximum Gasteiger partial charge on any atom is 0.241 e. The van der Waals surface area contributed by atoms with Gasteiger partial charge in [-0.15, -0.1) is 0 Å². The van der Waals surface area contributed by atoms with E-state index in [9.17, 15) is 8.42 Å². The van der Waals surface area contributed by atoms with Gasteiger partial charge in [-0.2, -0.15) is 0 Å². The SMILES string of the molecule is CC(C)Cc1ccc(S(=O)(=O)NC(C)(C)C)c(-c2ccc(Cn3ccnc3C(C)(C)C)cc2)c1. The highest BCUT2D eigenvalue weighted by Crippen LogP contribution is 2.31. The van der Waals surface area contributed by atoms with Crippen molar-refractivity contribution < 1.29 is 8.42 Å². The Kier molecular flexibility index (Phi) is 7.44. The summed E-state index contributed by atoms with van der Waals surface area (Å²) in [6.07, 6.45) is 4.75. The van der Waals surface area contributed by atoms with E-state index in [4.69, 9.17) is 0 Å². The van der Waals surface area contributed by atoms with Crippen LogP contribution in [0.3, 0.4) is 0 Å². The molecule has 0 atom stereocenters. The molecule has 34 heavy (non-hydrogen) atoms. The molecular formula is C28H39N3O2S.